The summed E-state index contributed by atoms with van der Waals surface area (Å²) in [5.74, 6) is 0.239. The van der Waals surface area contributed by atoms with Crippen LogP contribution in [0.3, 0.4) is 0 Å². The Kier molecular flexibility index (Phi) is 7.18. The molecule has 1 N–H and O–H groups in total. The second kappa shape index (κ2) is 10.1. The average Bonchev–Trinajstić information content (AvgIpc) is 3.14. The summed E-state index contributed by atoms with van der Waals surface area (Å²) in [5, 5.41) is 3.00. The van der Waals surface area contributed by atoms with Crippen molar-refractivity contribution in [2.24, 2.45) is 5.41 Å². The second-order valence-electron chi connectivity index (χ2n) is 10.1. The van der Waals surface area contributed by atoms with Gasteiger partial charge in [-0.05, 0) is 62.7 Å². The molecule has 2 aliphatic rings. The van der Waals surface area contributed by atoms with Crippen LogP contribution < -0.4 is 5.32 Å². The summed E-state index contributed by atoms with van der Waals surface area (Å²) < 4.78 is 0. The highest BCUT2D eigenvalue weighted by Gasteiger charge is 2.50. The molecule has 2 aromatic carbocycles. The lowest BCUT2D eigenvalue weighted by Crippen LogP contribution is -2.47. The summed E-state index contributed by atoms with van der Waals surface area (Å²) in [6, 6.07) is 21.0. The summed E-state index contributed by atoms with van der Waals surface area (Å²) >= 11 is 0. The van der Waals surface area contributed by atoms with Crippen LogP contribution in [-0.4, -0.2) is 55.3 Å². The first-order valence-corrected chi connectivity index (χ1v) is 12.2. The van der Waals surface area contributed by atoms with E-state index in [4.69, 9.17) is 0 Å². The van der Waals surface area contributed by atoms with Gasteiger partial charge in [0.05, 0.1) is 0 Å². The van der Waals surface area contributed by atoms with Crippen molar-refractivity contribution in [3.8, 4) is 0 Å². The third-order valence-electron chi connectivity index (χ3n) is 7.90. The van der Waals surface area contributed by atoms with Gasteiger partial charge >= 0.3 is 0 Å². The van der Waals surface area contributed by atoms with Gasteiger partial charge in [0.1, 0.15) is 0 Å². The van der Waals surface area contributed by atoms with E-state index < -0.39 is 0 Å². The maximum atomic E-state index is 12.8. The summed E-state index contributed by atoms with van der Waals surface area (Å²) in [6.45, 7) is 1.95. The van der Waals surface area contributed by atoms with Crippen molar-refractivity contribution >= 4 is 11.8 Å². The summed E-state index contributed by atoms with van der Waals surface area (Å²) in [4.78, 5) is 29.4. The topological polar surface area (TPSA) is 52.7 Å². The van der Waals surface area contributed by atoms with Crippen LogP contribution in [0, 0.1) is 5.41 Å². The number of nitrogens with zero attached hydrogens (tertiary/aromatic N) is 2. The SMILES string of the molecule is CN(C)[C@]1(c2ccccc2)CC[C@@]2(CC1)CC(=O)N(CCC(=O)NCCc1ccccc1)C2. The van der Waals surface area contributed by atoms with E-state index in [2.05, 4.69) is 66.8 Å². The molecule has 0 radical (unpaired) electrons. The smallest absolute Gasteiger partial charge is 0.223 e. The van der Waals surface area contributed by atoms with Gasteiger partial charge in [0, 0.05) is 38.0 Å². The number of benzene rings is 2. The van der Waals surface area contributed by atoms with Crippen LogP contribution in [0.5, 0.6) is 0 Å². The number of nitrogens with one attached hydrogen (secondary N) is 1. The van der Waals surface area contributed by atoms with E-state index in [0.717, 1.165) is 38.6 Å². The van der Waals surface area contributed by atoms with Crippen LogP contribution >= 0.6 is 0 Å². The van der Waals surface area contributed by atoms with Crippen molar-refractivity contribution in [3.63, 3.8) is 0 Å². The molecule has 1 aliphatic carbocycles. The number of carbonyl (C=O) groups excluding carboxylic acids is 2. The zero-order valence-corrected chi connectivity index (χ0v) is 20.1. The van der Waals surface area contributed by atoms with Crippen LogP contribution in [-0.2, 0) is 21.5 Å². The summed E-state index contributed by atoms with van der Waals surface area (Å²) in [5.41, 5.74) is 2.70. The minimum atomic E-state index is 0.0269. The quantitative estimate of drug-likeness (QED) is 0.666. The highest BCUT2D eigenvalue weighted by molar-refractivity contribution is 5.81. The lowest BCUT2D eigenvalue weighted by Gasteiger charge is -2.48. The highest BCUT2D eigenvalue weighted by Crippen LogP contribution is 2.52. The molecule has 1 spiro atoms. The molecule has 2 fully saturated rings. The van der Waals surface area contributed by atoms with Crippen molar-refractivity contribution in [1.82, 2.24) is 15.1 Å². The van der Waals surface area contributed by atoms with Crippen LogP contribution in [0.15, 0.2) is 60.7 Å². The summed E-state index contributed by atoms with van der Waals surface area (Å²) in [6.07, 6.45) is 6.05. The Morgan fingerprint density at radius 1 is 0.970 bits per heavy atom. The first-order chi connectivity index (χ1) is 15.9. The van der Waals surface area contributed by atoms with Gasteiger partial charge in [-0.1, -0.05) is 60.7 Å². The van der Waals surface area contributed by atoms with Crippen molar-refractivity contribution < 1.29 is 9.59 Å². The molecule has 4 rings (SSSR count). The normalized spacial score (nSPS) is 25.1. The largest absolute Gasteiger partial charge is 0.356 e. The Labute approximate surface area is 198 Å². The lowest BCUT2D eigenvalue weighted by atomic mass is 9.64. The Hall–Kier alpha value is -2.66. The van der Waals surface area contributed by atoms with Crippen LogP contribution in [0.1, 0.15) is 49.7 Å². The van der Waals surface area contributed by atoms with Crippen LogP contribution in [0.2, 0.25) is 0 Å². The van der Waals surface area contributed by atoms with E-state index in [1.54, 1.807) is 0 Å². The van der Waals surface area contributed by atoms with E-state index in [-0.39, 0.29) is 22.8 Å². The molecule has 0 unspecified atom stereocenters. The number of hydrogen-bond donors (Lipinski definition) is 1. The summed E-state index contributed by atoms with van der Waals surface area (Å²) in [7, 11) is 4.35. The number of carbonyl (C=O) groups is 2. The van der Waals surface area contributed by atoms with Gasteiger partial charge in [-0.25, -0.2) is 0 Å². The van der Waals surface area contributed by atoms with E-state index in [9.17, 15) is 9.59 Å². The minimum absolute atomic E-state index is 0.0269. The molecule has 1 saturated carbocycles. The number of rotatable bonds is 8. The molecule has 5 nitrogen and oxygen atoms in total. The molecular weight excluding hydrogens is 410 g/mol. The molecule has 0 bridgehead atoms. The van der Waals surface area contributed by atoms with Crippen molar-refractivity contribution in [3.05, 3.63) is 71.8 Å². The zero-order valence-electron chi connectivity index (χ0n) is 20.1. The molecule has 176 valence electrons. The Morgan fingerprint density at radius 3 is 2.24 bits per heavy atom. The Morgan fingerprint density at radius 2 is 1.61 bits per heavy atom. The molecule has 0 atom stereocenters. The van der Waals surface area contributed by atoms with Gasteiger partial charge in [0.15, 0.2) is 0 Å². The second-order valence-corrected chi connectivity index (χ2v) is 10.1. The number of hydrogen-bond acceptors (Lipinski definition) is 3. The van der Waals surface area contributed by atoms with E-state index in [1.807, 2.05) is 23.1 Å². The van der Waals surface area contributed by atoms with E-state index in [1.165, 1.54) is 11.1 Å². The molecule has 33 heavy (non-hydrogen) atoms. The predicted octanol–water partition coefficient (Wildman–Crippen LogP) is 3.99. The van der Waals surface area contributed by atoms with Gasteiger partial charge < -0.3 is 10.2 Å². The first kappa shape index (κ1) is 23.5. The third-order valence-corrected chi connectivity index (χ3v) is 7.90. The van der Waals surface area contributed by atoms with Crippen LogP contribution in [0.25, 0.3) is 0 Å². The monoisotopic (exact) mass is 447 g/mol. The average molecular weight is 448 g/mol. The number of likely N-dealkylation sites (tertiary alicyclic amines) is 1. The van der Waals surface area contributed by atoms with E-state index >= 15 is 0 Å². The van der Waals surface area contributed by atoms with Gasteiger partial charge in [-0.3, -0.25) is 14.5 Å². The number of amides is 2. The minimum Gasteiger partial charge on any atom is -0.356 e. The van der Waals surface area contributed by atoms with Crippen molar-refractivity contribution in [1.29, 1.82) is 0 Å². The van der Waals surface area contributed by atoms with Gasteiger partial charge in [-0.15, -0.1) is 0 Å². The fourth-order valence-corrected chi connectivity index (χ4v) is 5.77. The van der Waals surface area contributed by atoms with Gasteiger partial charge in [0.25, 0.3) is 0 Å². The van der Waals surface area contributed by atoms with Crippen molar-refractivity contribution in [2.45, 2.75) is 50.5 Å². The van der Waals surface area contributed by atoms with Gasteiger partial charge in [-0.2, -0.15) is 0 Å². The lowest BCUT2D eigenvalue weighted by molar-refractivity contribution is -0.128. The van der Waals surface area contributed by atoms with Crippen molar-refractivity contribution in [2.75, 3.05) is 33.7 Å². The van der Waals surface area contributed by atoms with Gasteiger partial charge in [0.2, 0.25) is 11.8 Å². The molecule has 1 aliphatic heterocycles. The zero-order chi connectivity index (χ0) is 23.3. The maximum absolute atomic E-state index is 12.8. The molecule has 2 amide bonds. The molecule has 2 aromatic rings. The maximum Gasteiger partial charge on any atom is 0.223 e. The molecule has 5 heteroatoms. The highest BCUT2D eigenvalue weighted by atomic mass is 16.2. The molecule has 1 saturated heterocycles. The van der Waals surface area contributed by atoms with E-state index in [0.29, 0.717) is 25.9 Å². The Balaban J connectivity index is 1.27. The molecule has 1 heterocycles. The predicted molar refractivity (Wildman–Crippen MR) is 132 cm³/mol. The third kappa shape index (κ3) is 5.30. The molecule has 0 aromatic heterocycles. The standard InChI is InChI=1S/C28H37N3O2/c1-30(2)28(24-11-7-4-8-12-24)17-15-27(16-18-28)21-26(33)31(22-27)20-14-25(32)29-19-13-23-9-5-3-6-10-23/h3-12H,13-22H2,1-2H3,(H,29,32)/t27-,28-. The fourth-order valence-electron chi connectivity index (χ4n) is 5.77. The first-order valence-electron chi connectivity index (χ1n) is 12.2. The molecular formula is C28H37N3O2. The Bertz CT molecular complexity index is 934. The fraction of sp³-hybridized carbons (Fsp3) is 0.500. The van der Waals surface area contributed by atoms with Crippen LogP contribution in [0.4, 0.5) is 0 Å².